The monoisotopic (exact) mass is 629 g/mol. The number of likely N-dealkylation sites (tertiary alicyclic amines) is 1. The fourth-order valence-electron chi connectivity index (χ4n) is 5.62. The highest BCUT2D eigenvalue weighted by atomic mass is 35.5. The molecule has 15 heteroatoms. The van der Waals surface area contributed by atoms with Crippen LogP contribution in [0.1, 0.15) is 47.3 Å². The highest BCUT2D eigenvalue weighted by Gasteiger charge is 2.31. The first-order chi connectivity index (χ1) is 21.2. The average molecular weight is 630 g/mol. The van der Waals surface area contributed by atoms with Crippen LogP contribution in [0.3, 0.4) is 0 Å². The fraction of sp³-hybridized carbons (Fsp3) is 0.379. The smallest absolute Gasteiger partial charge is 0.275 e. The Hall–Kier alpha value is -4.17. The highest BCUT2D eigenvalue weighted by molar-refractivity contribution is 6.31. The molecular weight excluding hydrogens is 602 g/mol. The van der Waals surface area contributed by atoms with Gasteiger partial charge in [0.05, 0.1) is 41.5 Å². The average Bonchev–Trinajstić information content (AvgIpc) is 3.77. The van der Waals surface area contributed by atoms with Gasteiger partial charge in [-0.15, -0.1) is 0 Å². The van der Waals surface area contributed by atoms with Gasteiger partial charge in [0.2, 0.25) is 5.95 Å². The lowest BCUT2D eigenvalue weighted by molar-refractivity contribution is 0.102. The molecule has 2 aliphatic heterocycles. The zero-order valence-corrected chi connectivity index (χ0v) is 24.1. The molecule has 0 radical (unpaired) electrons. The van der Waals surface area contributed by atoms with E-state index in [0.717, 1.165) is 62.6 Å². The summed E-state index contributed by atoms with van der Waals surface area (Å²) in [5, 5.41) is 6.54. The van der Waals surface area contributed by atoms with Crippen molar-refractivity contribution in [1.29, 1.82) is 0 Å². The largest absolute Gasteiger partial charge is 0.337 e. The molecule has 6 rings (SSSR count). The molecule has 0 bridgehead atoms. The van der Waals surface area contributed by atoms with Gasteiger partial charge in [-0.25, -0.2) is 32.5 Å². The molecule has 2 fully saturated rings. The van der Waals surface area contributed by atoms with E-state index in [0.29, 0.717) is 31.1 Å². The third-order valence-corrected chi connectivity index (χ3v) is 8.02. The Labute approximate surface area is 255 Å². The molecule has 2 saturated heterocycles. The predicted molar refractivity (Wildman–Crippen MR) is 155 cm³/mol. The van der Waals surface area contributed by atoms with E-state index in [-0.39, 0.29) is 22.5 Å². The summed E-state index contributed by atoms with van der Waals surface area (Å²) in [6.07, 6.45) is 7.62. The van der Waals surface area contributed by atoms with Crippen molar-refractivity contribution in [3.05, 3.63) is 77.0 Å². The van der Waals surface area contributed by atoms with E-state index in [2.05, 4.69) is 40.2 Å². The number of hydrogen-bond donors (Lipinski definition) is 1. The summed E-state index contributed by atoms with van der Waals surface area (Å²) in [6.45, 7) is 3.26. The number of halogens is 5. The number of rotatable bonds is 9. The van der Waals surface area contributed by atoms with Gasteiger partial charge in [0.15, 0.2) is 5.82 Å². The van der Waals surface area contributed by atoms with Crippen LogP contribution in [0.15, 0.2) is 49.3 Å². The number of nitrogens with zero attached hydrogens (tertiary/aromatic N) is 8. The van der Waals surface area contributed by atoms with Crippen molar-refractivity contribution in [2.24, 2.45) is 0 Å². The maximum atomic E-state index is 14.7. The molecule has 1 aromatic carbocycles. The fourth-order valence-corrected chi connectivity index (χ4v) is 5.77. The van der Waals surface area contributed by atoms with Crippen molar-refractivity contribution in [2.45, 2.75) is 44.4 Å². The summed E-state index contributed by atoms with van der Waals surface area (Å²) in [5.41, 5.74) is -0.459. The van der Waals surface area contributed by atoms with Crippen LogP contribution in [0.4, 0.5) is 29.2 Å². The Morgan fingerprint density at radius 3 is 2.66 bits per heavy atom. The summed E-state index contributed by atoms with van der Waals surface area (Å²) in [4.78, 5) is 34.3. The van der Waals surface area contributed by atoms with Crippen LogP contribution in [0.5, 0.6) is 0 Å². The molecule has 2 atom stereocenters. The molecule has 0 aliphatic carbocycles. The second-order valence-electron chi connectivity index (χ2n) is 10.8. The summed E-state index contributed by atoms with van der Waals surface area (Å²) in [5.74, 6) is -1.13. The van der Waals surface area contributed by atoms with E-state index >= 15 is 0 Å². The molecular formula is C29H28ClF4N9O. The minimum Gasteiger partial charge on any atom is -0.337 e. The molecule has 1 N–H and O–H groups in total. The Morgan fingerprint density at radius 2 is 1.91 bits per heavy atom. The topological polar surface area (TPSA) is 105 Å². The second-order valence-corrected chi connectivity index (χ2v) is 11.2. The van der Waals surface area contributed by atoms with Crippen LogP contribution in [-0.4, -0.2) is 78.9 Å². The lowest BCUT2D eigenvalue weighted by atomic mass is 10.0. The summed E-state index contributed by atoms with van der Waals surface area (Å²) in [7, 11) is 0. The number of alkyl halides is 3. The third-order valence-electron chi connectivity index (χ3n) is 7.73. The van der Waals surface area contributed by atoms with Crippen molar-refractivity contribution in [1.82, 2.24) is 34.6 Å². The number of nitrogens with one attached hydrogen (secondary N) is 1. The van der Waals surface area contributed by atoms with E-state index in [1.165, 1.54) is 6.20 Å². The van der Waals surface area contributed by atoms with Crippen molar-refractivity contribution in [3.8, 4) is 11.3 Å². The first-order valence-electron chi connectivity index (χ1n) is 14.1. The highest BCUT2D eigenvalue weighted by Crippen LogP contribution is 2.35. The molecule has 2 aliphatic rings. The van der Waals surface area contributed by atoms with Crippen molar-refractivity contribution < 1.29 is 22.4 Å². The van der Waals surface area contributed by atoms with Gasteiger partial charge >= 0.3 is 0 Å². The Kier molecular flexibility index (Phi) is 8.71. The van der Waals surface area contributed by atoms with E-state index in [1.807, 2.05) is 0 Å². The van der Waals surface area contributed by atoms with E-state index in [1.54, 1.807) is 23.3 Å². The first kappa shape index (κ1) is 29.9. The maximum absolute atomic E-state index is 14.7. The standard InChI is InChI=1S/C29H28ClF4N9O/c30-22-4-3-21(27(33)34)25(26(22)32)23-11-35-12-24(40-23)28(44)39-19-10-38-42(15-19)13-17-8-36-29(37-9-17)43-6-1-2-20(43)16-41-7-5-18(31)14-41/h3-4,8-12,15,18,20,27H,1-2,5-7,13-14,16H2,(H,39,44). The van der Waals surface area contributed by atoms with Crippen molar-refractivity contribution in [3.63, 3.8) is 0 Å². The van der Waals surface area contributed by atoms with Gasteiger partial charge in [-0.1, -0.05) is 17.7 Å². The van der Waals surface area contributed by atoms with Crippen LogP contribution in [0, 0.1) is 5.82 Å². The summed E-state index contributed by atoms with van der Waals surface area (Å²) < 4.78 is 57.0. The minimum absolute atomic E-state index is 0.215. The molecule has 0 saturated carbocycles. The van der Waals surface area contributed by atoms with Gasteiger partial charge in [-0.2, -0.15) is 5.10 Å². The van der Waals surface area contributed by atoms with Gasteiger partial charge in [0.25, 0.3) is 12.3 Å². The van der Waals surface area contributed by atoms with Crippen LogP contribution < -0.4 is 10.2 Å². The van der Waals surface area contributed by atoms with Crippen molar-refractivity contribution >= 4 is 29.1 Å². The number of carbonyl (C=O) groups excluding carboxylic acids is 1. The van der Waals surface area contributed by atoms with Gasteiger partial charge in [0.1, 0.15) is 11.9 Å². The predicted octanol–water partition coefficient (Wildman–Crippen LogP) is 5.17. The quantitative estimate of drug-likeness (QED) is 0.253. The van der Waals surface area contributed by atoms with Crippen LogP contribution in [-0.2, 0) is 6.54 Å². The molecule has 230 valence electrons. The molecule has 0 spiro atoms. The van der Waals surface area contributed by atoms with E-state index < -0.39 is 35.4 Å². The number of anilines is 2. The zero-order valence-electron chi connectivity index (χ0n) is 23.4. The number of carbonyl (C=O) groups is 1. The normalized spacial score (nSPS) is 18.8. The molecule has 1 amide bonds. The Morgan fingerprint density at radius 1 is 1.09 bits per heavy atom. The van der Waals surface area contributed by atoms with E-state index in [9.17, 15) is 22.4 Å². The maximum Gasteiger partial charge on any atom is 0.275 e. The van der Waals surface area contributed by atoms with Gasteiger partial charge in [-0.3, -0.25) is 19.4 Å². The molecule has 3 aromatic heterocycles. The molecule has 2 unspecified atom stereocenters. The van der Waals surface area contributed by atoms with Crippen LogP contribution >= 0.6 is 11.6 Å². The molecule has 10 nitrogen and oxygen atoms in total. The summed E-state index contributed by atoms with van der Waals surface area (Å²) in [6, 6.07) is 2.30. The van der Waals surface area contributed by atoms with Gasteiger partial charge in [-0.05, 0) is 25.3 Å². The lowest BCUT2D eigenvalue weighted by Gasteiger charge is -2.28. The Bertz CT molecular complexity index is 1640. The minimum atomic E-state index is -2.99. The number of aromatic nitrogens is 6. The van der Waals surface area contributed by atoms with E-state index in [4.69, 9.17) is 11.6 Å². The molecule has 44 heavy (non-hydrogen) atoms. The SMILES string of the molecule is O=C(Nc1cnn(Cc2cnc(N3CCCC3CN3CCC(F)C3)nc2)c1)c1cncc(-c2c(C(F)F)ccc(Cl)c2F)n1. The van der Waals surface area contributed by atoms with Crippen molar-refractivity contribution in [2.75, 3.05) is 36.4 Å². The third kappa shape index (κ3) is 6.50. The number of benzene rings is 1. The Balaban J connectivity index is 1.09. The first-order valence-corrected chi connectivity index (χ1v) is 14.5. The van der Waals surface area contributed by atoms with Crippen LogP contribution in [0.25, 0.3) is 11.3 Å². The number of hydrogen-bond acceptors (Lipinski definition) is 8. The molecule has 5 heterocycles. The lowest BCUT2D eigenvalue weighted by Crippen LogP contribution is -2.40. The zero-order chi connectivity index (χ0) is 30.8. The van der Waals surface area contributed by atoms with Gasteiger partial charge < -0.3 is 10.2 Å². The number of amides is 1. The summed E-state index contributed by atoms with van der Waals surface area (Å²) >= 11 is 5.81. The molecule has 4 aromatic rings. The van der Waals surface area contributed by atoms with Crippen LogP contribution in [0.2, 0.25) is 5.02 Å². The van der Waals surface area contributed by atoms with Gasteiger partial charge in [0, 0.05) is 67.5 Å². The second kappa shape index (κ2) is 12.8.